The number of hydrogen-bond donors (Lipinski definition) is 0. The van der Waals surface area contributed by atoms with Gasteiger partial charge in [0.25, 0.3) is 5.91 Å². The van der Waals surface area contributed by atoms with Gasteiger partial charge in [-0.2, -0.15) is 0 Å². The SMILES string of the molecule is O=C1C2CN(C(=O)C3(F)CCC3)CC2CCN1CC1CC1. The summed E-state index contributed by atoms with van der Waals surface area (Å²) in [6, 6.07) is 0. The van der Waals surface area contributed by atoms with Crippen molar-refractivity contribution in [3.63, 3.8) is 0 Å². The number of likely N-dealkylation sites (tertiary alicyclic amines) is 2. The highest BCUT2D eigenvalue weighted by molar-refractivity contribution is 5.88. The topological polar surface area (TPSA) is 40.6 Å². The molecule has 0 radical (unpaired) electrons. The van der Waals surface area contributed by atoms with Crippen LogP contribution in [-0.2, 0) is 9.59 Å². The van der Waals surface area contributed by atoms with Crippen LogP contribution in [0.2, 0.25) is 0 Å². The fraction of sp³-hybridized carbons (Fsp3) is 0.875. The predicted octanol–water partition coefficient (Wildman–Crippen LogP) is 1.60. The molecular weight excluding hydrogens is 271 g/mol. The molecule has 5 heteroatoms. The molecule has 4 aliphatic rings. The van der Waals surface area contributed by atoms with E-state index in [4.69, 9.17) is 0 Å². The Morgan fingerprint density at radius 2 is 2.00 bits per heavy atom. The number of piperidine rings is 1. The third-order valence-corrected chi connectivity index (χ3v) is 5.83. The Hall–Kier alpha value is -1.13. The first-order valence-corrected chi connectivity index (χ1v) is 8.34. The van der Waals surface area contributed by atoms with Crippen LogP contribution in [0.25, 0.3) is 0 Å². The zero-order valence-corrected chi connectivity index (χ0v) is 12.4. The molecule has 2 saturated heterocycles. The van der Waals surface area contributed by atoms with E-state index in [9.17, 15) is 14.0 Å². The number of alkyl halides is 1. The second-order valence-corrected chi connectivity index (χ2v) is 7.41. The molecule has 2 amide bonds. The van der Waals surface area contributed by atoms with Crippen molar-refractivity contribution in [2.24, 2.45) is 17.8 Å². The number of carbonyl (C=O) groups excluding carboxylic acids is 2. The molecule has 2 saturated carbocycles. The summed E-state index contributed by atoms with van der Waals surface area (Å²) in [6.07, 6.45) is 4.97. The van der Waals surface area contributed by atoms with E-state index >= 15 is 0 Å². The summed E-state index contributed by atoms with van der Waals surface area (Å²) >= 11 is 0. The highest BCUT2D eigenvalue weighted by Gasteiger charge is 2.51. The number of halogens is 1. The Morgan fingerprint density at radius 1 is 1.24 bits per heavy atom. The van der Waals surface area contributed by atoms with Gasteiger partial charge in [-0.05, 0) is 50.4 Å². The maximum Gasteiger partial charge on any atom is 0.260 e. The van der Waals surface area contributed by atoms with Gasteiger partial charge >= 0.3 is 0 Å². The molecule has 2 aliphatic carbocycles. The normalized spacial score (nSPS) is 34.6. The number of amides is 2. The summed E-state index contributed by atoms with van der Waals surface area (Å²) in [7, 11) is 0. The van der Waals surface area contributed by atoms with E-state index in [0.29, 0.717) is 31.8 Å². The van der Waals surface area contributed by atoms with Crippen molar-refractivity contribution in [1.82, 2.24) is 9.80 Å². The van der Waals surface area contributed by atoms with Crippen molar-refractivity contribution >= 4 is 11.8 Å². The third kappa shape index (κ3) is 2.25. The van der Waals surface area contributed by atoms with Crippen LogP contribution in [0.4, 0.5) is 4.39 Å². The minimum absolute atomic E-state index is 0.0786. The van der Waals surface area contributed by atoms with Gasteiger partial charge in [0.15, 0.2) is 5.67 Å². The van der Waals surface area contributed by atoms with Crippen LogP contribution in [0.15, 0.2) is 0 Å². The number of rotatable bonds is 3. The Bertz CT molecular complexity index is 473. The molecule has 0 aromatic heterocycles. The number of carbonyl (C=O) groups is 2. The molecule has 4 fully saturated rings. The lowest BCUT2D eigenvalue weighted by Gasteiger charge is -2.35. The Balaban J connectivity index is 1.42. The van der Waals surface area contributed by atoms with Crippen LogP contribution in [0.5, 0.6) is 0 Å². The highest BCUT2D eigenvalue weighted by atomic mass is 19.1. The number of nitrogens with zero attached hydrogens (tertiary/aromatic N) is 2. The molecule has 0 spiro atoms. The Labute approximate surface area is 124 Å². The maximum absolute atomic E-state index is 14.3. The fourth-order valence-electron chi connectivity index (χ4n) is 4.05. The zero-order valence-electron chi connectivity index (χ0n) is 12.4. The molecule has 4 nitrogen and oxygen atoms in total. The van der Waals surface area contributed by atoms with E-state index in [1.165, 1.54) is 12.8 Å². The summed E-state index contributed by atoms with van der Waals surface area (Å²) in [5, 5.41) is 0. The van der Waals surface area contributed by atoms with Crippen LogP contribution in [0, 0.1) is 17.8 Å². The van der Waals surface area contributed by atoms with E-state index in [1.807, 2.05) is 4.90 Å². The van der Waals surface area contributed by atoms with Crippen molar-refractivity contribution in [1.29, 1.82) is 0 Å². The first-order valence-electron chi connectivity index (χ1n) is 8.34. The summed E-state index contributed by atoms with van der Waals surface area (Å²) in [5.74, 6) is 0.721. The molecule has 116 valence electrons. The quantitative estimate of drug-likeness (QED) is 0.793. The summed E-state index contributed by atoms with van der Waals surface area (Å²) in [4.78, 5) is 28.5. The van der Waals surface area contributed by atoms with Gasteiger partial charge in [0, 0.05) is 26.2 Å². The summed E-state index contributed by atoms with van der Waals surface area (Å²) in [6.45, 7) is 2.73. The monoisotopic (exact) mass is 294 g/mol. The molecule has 0 aromatic carbocycles. The minimum atomic E-state index is -1.62. The summed E-state index contributed by atoms with van der Waals surface area (Å²) in [5.41, 5.74) is -1.62. The Kier molecular flexibility index (Phi) is 3.02. The van der Waals surface area contributed by atoms with Gasteiger partial charge in [0.1, 0.15) is 0 Å². The lowest BCUT2D eigenvalue weighted by atomic mass is 9.81. The fourth-order valence-corrected chi connectivity index (χ4v) is 4.05. The van der Waals surface area contributed by atoms with Crippen LogP contribution in [0.3, 0.4) is 0 Å². The second kappa shape index (κ2) is 4.68. The van der Waals surface area contributed by atoms with Crippen LogP contribution >= 0.6 is 0 Å². The molecule has 0 aromatic rings. The first-order chi connectivity index (χ1) is 10.1. The highest BCUT2D eigenvalue weighted by Crippen LogP contribution is 2.41. The van der Waals surface area contributed by atoms with Crippen molar-refractivity contribution in [2.45, 2.75) is 44.2 Å². The summed E-state index contributed by atoms with van der Waals surface area (Å²) < 4.78 is 14.3. The average Bonchev–Trinajstić information content (AvgIpc) is 3.14. The van der Waals surface area contributed by atoms with Crippen molar-refractivity contribution < 1.29 is 14.0 Å². The largest absolute Gasteiger partial charge is 0.342 e. The van der Waals surface area contributed by atoms with Gasteiger partial charge in [-0.3, -0.25) is 9.59 Å². The van der Waals surface area contributed by atoms with Crippen molar-refractivity contribution in [3.8, 4) is 0 Å². The van der Waals surface area contributed by atoms with Crippen LogP contribution in [0.1, 0.15) is 38.5 Å². The van der Waals surface area contributed by atoms with Crippen molar-refractivity contribution in [3.05, 3.63) is 0 Å². The van der Waals surface area contributed by atoms with Crippen molar-refractivity contribution in [2.75, 3.05) is 26.2 Å². The lowest BCUT2D eigenvalue weighted by molar-refractivity contribution is -0.149. The molecule has 0 N–H and O–H groups in total. The van der Waals surface area contributed by atoms with E-state index < -0.39 is 5.67 Å². The second-order valence-electron chi connectivity index (χ2n) is 7.41. The van der Waals surface area contributed by atoms with E-state index in [1.54, 1.807) is 4.90 Å². The Morgan fingerprint density at radius 3 is 2.62 bits per heavy atom. The molecule has 2 aliphatic heterocycles. The zero-order chi connectivity index (χ0) is 14.6. The minimum Gasteiger partial charge on any atom is -0.342 e. The molecule has 4 rings (SSSR count). The van der Waals surface area contributed by atoms with Gasteiger partial charge in [-0.1, -0.05) is 0 Å². The van der Waals surface area contributed by atoms with E-state index in [0.717, 1.165) is 25.9 Å². The van der Waals surface area contributed by atoms with Crippen LogP contribution in [-0.4, -0.2) is 53.5 Å². The molecule has 2 atom stereocenters. The molecule has 0 bridgehead atoms. The lowest BCUT2D eigenvalue weighted by Crippen LogP contribution is -2.50. The smallest absolute Gasteiger partial charge is 0.260 e. The van der Waals surface area contributed by atoms with Gasteiger partial charge < -0.3 is 9.80 Å². The van der Waals surface area contributed by atoms with Crippen LogP contribution < -0.4 is 0 Å². The predicted molar refractivity (Wildman–Crippen MR) is 75.2 cm³/mol. The molecule has 21 heavy (non-hydrogen) atoms. The van der Waals surface area contributed by atoms with E-state index in [2.05, 4.69) is 0 Å². The van der Waals surface area contributed by atoms with Gasteiger partial charge in [-0.15, -0.1) is 0 Å². The van der Waals surface area contributed by atoms with Gasteiger partial charge in [0.2, 0.25) is 5.91 Å². The van der Waals surface area contributed by atoms with Gasteiger partial charge in [-0.25, -0.2) is 4.39 Å². The van der Waals surface area contributed by atoms with Gasteiger partial charge in [0.05, 0.1) is 5.92 Å². The maximum atomic E-state index is 14.3. The number of hydrogen-bond acceptors (Lipinski definition) is 2. The number of fused-ring (bicyclic) bond motifs is 1. The molecule has 2 heterocycles. The standard InChI is InChI=1S/C16H23FN2O2/c17-16(5-1-6-16)15(21)19-9-12-4-7-18(8-11-2-3-11)14(20)13(12)10-19/h11-13H,1-10H2. The molecular formula is C16H23FN2O2. The average molecular weight is 294 g/mol. The first kappa shape index (κ1) is 13.5. The third-order valence-electron chi connectivity index (χ3n) is 5.83. The molecule has 2 unspecified atom stereocenters. The van der Waals surface area contributed by atoms with E-state index in [-0.39, 0.29) is 23.7 Å².